The Morgan fingerprint density at radius 1 is 1.06 bits per heavy atom. The van der Waals surface area contributed by atoms with Crippen molar-refractivity contribution < 1.29 is 9.53 Å². The Hall–Kier alpha value is -1.30. The number of methoxy groups -OCH3 is 1. The first-order valence-corrected chi connectivity index (χ1v) is 14.0. The standard InChI is InChI=1S/C31H49NO2/c1-20(2)22-12-16-31(27(33)34-8)18-17-29(6)24(26(22)31)10-11-25-28(5,14-9-19-32)23(21(3)4)13-15-30(25,29)7/h20,22-26H,3,9-18H2,1-2,4-8H3. The summed E-state index contributed by atoms with van der Waals surface area (Å²) < 4.78 is 5.51. The van der Waals surface area contributed by atoms with E-state index in [2.05, 4.69) is 54.2 Å². The van der Waals surface area contributed by atoms with Crippen LogP contribution in [0.3, 0.4) is 0 Å². The maximum absolute atomic E-state index is 13.4. The molecule has 3 heteroatoms. The van der Waals surface area contributed by atoms with Gasteiger partial charge in [-0.05, 0) is 116 Å². The molecule has 0 saturated heterocycles. The number of carbonyl (C=O) groups excluding carboxylic acids is 1. The van der Waals surface area contributed by atoms with Gasteiger partial charge in [0.25, 0.3) is 0 Å². The number of rotatable bonds is 5. The van der Waals surface area contributed by atoms with Crippen LogP contribution in [0.1, 0.15) is 106 Å². The number of allylic oxidation sites excluding steroid dienone is 1. The topological polar surface area (TPSA) is 50.1 Å². The SMILES string of the molecule is C=C(C)C1CCC2(C)C(CCC3C4C(C(C)C)CCC4(C(=O)OC)CCC32C)C1(C)CCC#N. The molecule has 4 saturated carbocycles. The predicted molar refractivity (Wildman–Crippen MR) is 138 cm³/mol. The summed E-state index contributed by atoms with van der Waals surface area (Å²) >= 11 is 0. The molecule has 190 valence electrons. The molecule has 0 N–H and O–H groups in total. The van der Waals surface area contributed by atoms with Crippen LogP contribution in [0, 0.1) is 68.5 Å². The second-order valence-corrected chi connectivity index (χ2v) is 13.8. The molecule has 4 aliphatic carbocycles. The molecule has 4 fully saturated rings. The maximum atomic E-state index is 13.4. The van der Waals surface area contributed by atoms with Crippen molar-refractivity contribution in [2.24, 2.45) is 57.2 Å². The Morgan fingerprint density at radius 2 is 1.76 bits per heavy atom. The normalized spacial score (nSPS) is 47.8. The molecule has 0 radical (unpaired) electrons. The minimum absolute atomic E-state index is 0.0693. The van der Waals surface area contributed by atoms with Crippen molar-refractivity contribution in [3.8, 4) is 6.07 Å². The van der Waals surface area contributed by atoms with E-state index in [4.69, 9.17) is 4.74 Å². The third kappa shape index (κ3) is 3.29. The molecule has 34 heavy (non-hydrogen) atoms. The summed E-state index contributed by atoms with van der Waals surface area (Å²) in [5.74, 6) is 3.42. The van der Waals surface area contributed by atoms with E-state index in [9.17, 15) is 10.1 Å². The second kappa shape index (κ2) is 8.67. The van der Waals surface area contributed by atoms with Gasteiger partial charge >= 0.3 is 5.97 Å². The van der Waals surface area contributed by atoms with Gasteiger partial charge in [-0.2, -0.15) is 5.26 Å². The van der Waals surface area contributed by atoms with Gasteiger partial charge in [0.2, 0.25) is 0 Å². The van der Waals surface area contributed by atoms with E-state index in [1.54, 1.807) is 7.11 Å². The lowest BCUT2D eigenvalue weighted by molar-refractivity contribution is -0.222. The highest BCUT2D eigenvalue weighted by Crippen LogP contribution is 2.76. The number of nitrogens with zero attached hydrogens (tertiary/aromatic N) is 1. The Balaban J connectivity index is 1.78. The van der Waals surface area contributed by atoms with E-state index in [0.717, 1.165) is 25.7 Å². The molecule has 4 aliphatic rings. The van der Waals surface area contributed by atoms with E-state index in [0.29, 0.717) is 41.9 Å². The fourth-order valence-corrected chi connectivity index (χ4v) is 10.8. The molecule has 0 spiro atoms. The Morgan fingerprint density at radius 3 is 2.35 bits per heavy atom. The maximum Gasteiger partial charge on any atom is 0.312 e. The van der Waals surface area contributed by atoms with Gasteiger partial charge < -0.3 is 4.74 Å². The smallest absolute Gasteiger partial charge is 0.312 e. The summed E-state index contributed by atoms with van der Waals surface area (Å²) in [6, 6.07) is 2.46. The van der Waals surface area contributed by atoms with Crippen LogP contribution in [0.15, 0.2) is 12.2 Å². The molecule has 0 bridgehead atoms. The van der Waals surface area contributed by atoms with E-state index in [-0.39, 0.29) is 27.6 Å². The molecule has 0 aromatic carbocycles. The molecular formula is C31H49NO2. The summed E-state index contributed by atoms with van der Waals surface area (Å²) in [6.45, 7) is 19.1. The van der Waals surface area contributed by atoms with Gasteiger partial charge in [0.05, 0.1) is 18.6 Å². The summed E-state index contributed by atoms with van der Waals surface area (Å²) in [5, 5.41) is 9.51. The van der Waals surface area contributed by atoms with Gasteiger partial charge in [0.15, 0.2) is 0 Å². The first kappa shape index (κ1) is 25.8. The van der Waals surface area contributed by atoms with E-state index in [1.165, 1.54) is 37.7 Å². The average Bonchev–Trinajstić information content (AvgIpc) is 3.19. The van der Waals surface area contributed by atoms with E-state index >= 15 is 0 Å². The quantitative estimate of drug-likeness (QED) is 0.304. The first-order chi connectivity index (χ1) is 15.9. The number of ether oxygens (including phenoxy) is 1. The van der Waals surface area contributed by atoms with Crippen LogP contribution in [-0.4, -0.2) is 13.1 Å². The van der Waals surface area contributed by atoms with Gasteiger partial charge in [0, 0.05) is 6.42 Å². The molecule has 0 heterocycles. The zero-order chi connectivity index (χ0) is 25.1. The fraction of sp³-hybridized carbons (Fsp3) is 0.871. The molecule has 0 aliphatic heterocycles. The molecule has 4 rings (SSSR count). The lowest BCUT2D eigenvalue weighted by atomic mass is 9.34. The largest absolute Gasteiger partial charge is 0.469 e. The number of hydrogen-bond donors (Lipinski definition) is 0. The average molecular weight is 468 g/mol. The van der Waals surface area contributed by atoms with E-state index in [1.807, 2.05) is 0 Å². The summed E-state index contributed by atoms with van der Waals surface area (Å²) in [5.41, 5.74) is 1.63. The molecule has 9 unspecified atom stereocenters. The zero-order valence-corrected chi connectivity index (χ0v) is 23.0. The molecule has 0 amide bonds. The molecule has 3 nitrogen and oxygen atoms in total. The summed E-state index contributed by atoms with van der Waals surface area (Å²) in [6.07, 6.45) is 10.8. The Labute approximate surface area is 209 Å². The lowest BCUT2D eigenvalue weighted by Gasteiger charge is -2.70. The number of hydrogen-bond acceptors (Lipinski definition) is 3. The molecule has 9 atom stereocenters. The highest BCUT2D eigenvalue weighted by molar-refractivity contribution is 5.78. The number of carbonyl (C=O) groups is 1. The van der Waals surface area contributed by atoms with Crippen molar-refractivity contribution in [1.82, 2.24) is 0 Å². The first-order valence-electron chi connectivity index (χ1n) is 14.0. The van der Waals surface area contributed by atoms with Crippen LogP contribution in [0.25, 0.3) is 0 Å². The lowest BCUT2D eigenvalue weighted by Crippen LogP contribution is -2.64. The van der Waals surface area contributed by atoms with Crippen molar-refractivity contribution in [2.45, 2.75) is 106 Å². The van der Waals surface area contributed by atoms with Crippen LogP contribution in [0.2, 0.25) is 0 Å². The number of nitriles is 1. The zero-order valence-electron chi connectivity index (χ0n) is 23.0. The molecule has 0 aromatic rings. The third-order valence-electron chi connectivity index (χ3n) is 12.6. The van der Waals surface area contributed by atoms with Crippen LogP contribution < -0.4 is 0 Å². The predicted octanol–water partition coefficient (Wildman–Crippen LogP) is 7.96. The number of fused-ring (bicyclic) bond motifs is 5. The molecule has 0 aromatic heterocycles. The van der Waals surface area contributed by atoms with Crippen LogP contribution in [-0.2, 0) is 9.53 Å². The van der Waals surface area contributed by atoms with Crippen LogP contribution in [0.4, 0.5) is 0 Å². The van der Waals surface area contributed by atoms with Gasteiger partial charge in [0.1, 0.15) is 0 Å². The third-order valence-corrected chi connectivity index (χ3v) is 12.6. The van der Waals surface area contributed by atoms with Crippen molar-refractivity contribution in [3.63, 3.8) is 0 Å². The highest BCUT2D eigenvalue weighted by Gasteiger charge is 2.70. The van der Waals surface area contributed by atoms with E-state index < -0.39 is 0 Å². The summed E-state index contributed by atoms with van der Waals surface area (Å²) in [4.78, 5) is 13.4. The Kier molecular flexibility index (Phi) is 6.58. The second-order valence-electron chi connectivity index (χ2n) is 13.8. The summed E-state index contributed by atoms with van der Waals surface area (Å²) in [7, 11) is 1.60. The monoisotopic (exact) mass is 467 g/mol. The van der Waals surface area contributed by atoms with Gasteiger partial charge in [-0.1, -0.05) is 46.8 Å². The number of esters is 1. The van der Waals surface area contributed by atoms with Crippen molar-refractivity contribution in [3.05, 3.63) is 12.2 Å². The highest BCUT2D eigenvalue weighted by atomic mass is 16.5. The van der Waals surface area contributed by atoms with Gasteiger partial charge in [-0.3, -0.25) is 4.79 Å². The Bertz CT molecular complexity index is 871. The minimum atomic E-state index is -0.268. The van der Waals surface area contributed by atoms with Crippen molar-refractivity contribution in [1.29, 1.82) is 5.26 Å². The van der Waals surface area contributed by atoms with Crippen LogP contribution >= 0.6 is 0 Å². The van der Waals surface area contributed by atoms with Crippen LogP contribution in [0.5, 0.6) is 0 Å². The minimum Gasteiger partial charge on any atom is -0.469 e. The molecular weight excluding hydrogens is 418 g/mol. The van der Waals surface area contributed by atoms with Crippen molar-refractivity contribution >= 4 is 5.97 Å². The fourth-order valence-electron chi connectivity index (χ4n) is 10.8. The van der Waals surface area contributed by atoms with Gasteiger partial charge in [-0.15, -0.1) is 0 Å². The van der Waals surface area contributed by atoms with Crippen molar-refractivity contribution in [2.75, 3.05) is 7.11 Å². The van der Waals surface area contributed by atoms with Gasteiger partial charge in [-0.25, -0.2) is 0 Å².